The summed E-state index contributed by atoms with van der Waals surface area (Å²) in [6, 6.07) is 16.3. The standard InChI is InChI=1S/C18H17NO/c1-13-7-9-15-16(12-19-17(15)11-13)18(20)10-8-14-5-3-2-4-6-14/h2-7,9,11-12,19H,8,10H2,1H3. The lowest BCUT2D eigenvalue weighted by Gasteiger charge is -2.01. The number of ketones is 1. The minimum Gasteiger partial charge on any atom is -0.360 e. The number of fused-ring (bicyclic) bond motifs is 1. The predicted octanol–water partition coefficient (Wildman–Crippen LogP) is 4.29. The molecule has 0 aliphatic rings. The molecule has 1 heterocycles. The molecule has 1 aromatic heterocycles. The van der Waals surface area contributed by atoms with Gasteiger partial charge < -0.3 is 4.98 Å². The molecule has 0 atom stereocenters. The maximum absolute atomic E-state index is 12.4. The van der Waals surface area contributed by atoms with Crippen molar-refractivity contribution < 1.29 is 4.79 Å². The molecule has 20 heavy (non-hydrogen) atoms. The van der Waals surface area contributed by atoms with E-state index in [2.05, 4.69) is 30.1 Å². The van der Waals surface area contributed by atoms with Crippen LogP contribution in [0.15, 0.2) is 54.7 Å². The first-order valence-corrected chi connectivity index (χ1v) is 6.89. The number of hydrogen-bond donors (Lipinski definition) is 1. The quantitative estimate of drug-likeness (QED) is 0.700. The third-order valence-corrected chi connectivity index (χ3v) is 3.62. The summed E-state index contributed by atoms with van der Waals surface area (Å²) in [4.78, 5) is 15.5. The smallest absolute Gasteiger partial charge is 0.165 e. The van der Waals surface area contributed by atoms with Gasteiger partial charge in [-0.25, -0.2) is 0 Å². The molecular formula is C18H17NO. The molecule has 0 spiro atoms. The van der Waals surface area contributed by atoms with E-state index in [0.717, 1.165) is 22.9 Å². The number of carbonyl (C=O) groups is 1. The third-order valence-electron chi connectivity index (χ3n) is 3.62. The molecule has 1 N–H and O–H groups in total. The van der Waals surface area contributed by atoms with Crippen molar-refractivity contribution in [2.45, 2.75) is 19.8 Å². The number of H-pyrrole nitrogens is 1. The summed E-state index contributed by atoms with van der Waals surface area (Å²) >= 11 is 0. The third kappa shape index (κ3) is 2.50. The minimum absolute atomic E-state index is 0.198. The first kappa shape index (κ1) is 12.7. The van der Waals surface area contributed by atoms with Crippen LogP contribution >= 0.6 is 0 Å². The largest absolute Gasteiger partial charge is 0.360 e. The number of benzene rings is 2. The molecule has 2 nitrogen and oxygen atoms in total. The average Bonchev–Trinajstić information content (AvgIpc) is 2.89. The number of aromatic nitrogens is 1. The van der Waals surface area contributed by atoms with Crippen LogP contribution in [-0.4, -0.2) is 10.8 Å². The number of nitrogens with one attached hydrogen (secondary N) is 1. The van der Waals surface area contributed by atoms with Crippen molar-refractivity contribution in [3.05, 3.63) is 71.4 Å². The Morgan fingerprint density at radius 1 is 1.10 bits per heavy atom. The molecule has 0 aliphatic heterocycles. The Morgan fingerprint density at radius 2 is 1.90 bits per heavy atom. The summed E-state index contributed by atoms with van der Waals surface area (Å²) in [6.45, 7) is 2.05. The molecule has 0 radical (unpaired) electrons. The van der Waals surface area contributed by atoms with Crippen LogP contribution in [0.3, 0.4) is 0 Å². The lowest BCUT2D eigenvalue weighted by atomic mass is 10.0. The van der Waals surface area contributed by atoms with Gasteiger partial charge in [0.05, 0.1) is 0 Å². The normalized spacial score (nSPS) is 10.8. The van der Waals surface area contributed by atoms with Crippen molar-refractivity contribution in [2.24, 2.45) is 0 Å². The fourth-order valence-corrected chi connectivity index (χ4v) is 2.51. The zero-order valence-corrected chi connectivity index (χ0v) is 11.5. The summed E-state index contributed by atoms with van der Waals surface area (Å²) in [5.74, 6) is 0.198. The number of Topliss-reactive ketones (excluding diaryl/α,β-unsaturated/α-hetero) is 1. The topological polar surface area (TPSA) is 32.9 Å². The first-order valence-electron chi connectivity index (χ1n) is 6.89. The number of rotatable bonds is 4. The lowest BCUT2D eigenvalue weighted by molar-refractivity contribution is 0.0984. The van der Waals surface area contributed by atoms with Gasteiger partial charge in [0.1, 0.15) is 0 Å². The molecule has 0 bridgehead atoms. The van der Waals surface area contributed by atoms with Crippen molar-refractivity contribution in [1.29, 1.82) is 0 Å². The van der Waals surface area contributed by atoms with Crippen LogP contribution in [0.25, 0.3) is 10.9 Å². The number of aromatic amines is 1. The first-order chi connectivity index (χ1) is 9.74. The Kier molecular flexibility index (Phi) is 3.38. The molecule has 0 aliphatic carbocycles. The van der Waals surface area contributed by atoms with Crippen LogP contribution in [0.1, 0.15) is 27.9 Å². The van der Waals surface area contributed by atoms with Gasteiger partial charge in [0.25, 0.3) is 0 Å². The summed E-state index contributed by atoms with van der Waals surface area (Å²) in [6.07, 6.45) is 3.17. The van der Waals surface area contributed by atoms with Gasteiger partial charge in [-0.3, -0.25) is 4.79 Å². The Labute approximate surface area is 118 Å². The van der Waals surface area contributed by atoms with E-state index in [1.807, 2.05) is 36.5 Å². The maximum Gasteiger partial charge on any atom is 0.165 e. The average molecular weight is 263 g/mol. The highest BCUT2D eigenvalue weighted by Gasteiger charge is 2.11. The fraction of sp³-hybridized carbons (Fsp3) is 0.167. The van der Waals surface area contributed by atoms with Crippen LogP contribution < -0.4 is 0 Å². The second-order valence-electron chi connectivity index (χ2n) is 5.16. The summed E-state index contributed by atoms with van der Waals surface area (Å²) in [5, 5.41) is 1.02. The van der Waals surface area contributed by atoms with Gasteiger partial charge in [-0.05, 0) is 30.5 Å². The molecule has 0 fully saturated rings. The number of carbonyl (C=O) groups excluding carboxylic acids is 1. The van der Waals surface area contributed by atoms with Gasteiger partial charge in [-0.2, -0.15) is 0 Å². The molecule has 2 aromatic carbocycles. The van der Waals surface area contributed by atoms with Gasteiger partial charge in [0.2, 0.25) is 0 Å². The molecule has 2 heteroatoms. The van der Waals surface area contributed by atoms with E-state index in [-0.39, 0.29) is 5.78 Å². The SMILES string of the molecule is Cc1ccc2c(C(=O)CCc3ccccc3)c[nH]c2c1. The second-order valence-corrected chi connectivity index (χ2v) is 5.16. The highest BCUT2D eigenvalue weighted by Crippen LogP contribution is 2.21. The van der Waals surface area contributed by atoms with E-state index in [0.29, 0.717) is 6.42 Å². The molecule has 0 saturated carbocycles. The van der Waals surface area contributed by atoms with Crippen molar-refractivity contribution >= 4 is 16.7 Å². The van der Waals surface area contributed by atoms with Gasteiger partial charge >= 0.3 is 0 Å². The monoisotopic (exact) mass is 263 g/mol. The van der Waals surface area contributed by atoms with Crippen molar-refractivity contribution in [1.82, 2.24) is 4.98 Å². The second kappa shape index (κ2) is 5.33. The van der Waals surface area contributed by atoms with Crippen LogP contribution in [0.4, 0.5) is 0 Å². The van der Waals surface area contributed by atoms with E-state index in [9.17, 15) is 4.79 Å². The Balaban J connectivity index is 1.79. The highest BCUT2D eigenvalue weighted by molar-refractivity contribution is 6.07. The van der Waals surface area contributed by atoms with Gasteiger partial charge in [0.15, 0.2) is 5.78 Å². The number of hydrogen-bond acceptors (Lipinski definition) is 1. The zero-order valence-electron chi connectivity index (χ0n) is 11.5. The summed E-state index contributed by atoms with van der Waals surface area (Å²) in [7, 11) is 0. The Morgan fingerprint density at radius 3 is 2.70 bits per heavy atom. The zero-order chi connectivity index (χ0) is 13.9. The Bertz CT molecular complexity index is 740. The minimum atomic E-state index is 0.198. The van der Waals surface area contributed by atoms with Crippen molar-refractivity contribution in [3.63, 3.8) is 0 Å². The van der Waals surface area contributed by atoms with E-state index in [1.165, 1.54) is 11.1 Å². The fourth-order valence-electron chi connectivity index (χ4n) is 2.51. The maximum atomic E-state index is 12.4. The van der Waals surface area contributed by atoms with E-state index in [1.54, 1.807) is 0 Å². The van der Waals surface area contributed by atoms with Gasteiger partial charge in [-0.15, -0.1) is 0 Å². The van der Waals surface area contributed by atoms with Crippen LogP contribution in [0.5, 0.6) is 0 Å². The molecule has 0 amide bonds. The van der Waals surface area contributed by atoms with E-state index in [4.69, 9.17) is 0 Å². The molecule has 3 rings (SSSR count). The van der Waals surface area contributed by atoms with Crippen LogP contribution in [0.2, 0.25) is 0 Å². The van der Waals surface area contributed by atoms with Crippen LogP contribution in [-0.2, 0) is 6.42 Å². The van der Waals surface area contributed by atoms with Crippen molar-refractivity contribution in [2.75, 3.05) is 0 Å². The summed E-state index contributed by atoms with van der Waals surface area (Å²) < 4.78 is 0. The molecule has 0 unspecified atom stereocenters. The lowest BCUT2D eigenvalue weighted by Crippen LogP contribution is -2.00. The van der Waals surface area contributed by atoms with E-state index < -0.39 is 0 Å². The molecule has 100 valence electrons. The molecular weight excluding hydrogens is 246 g/mol. The van der Waals surface area contributed by atoms with Crippen LogP contribution in [0, 0.1) is 6.92 Å². The van der Waals surface area contributed by atoms with Gasteiger partial charge in [0, 0.05) is 29.1 Å². The Hall–Kier alpha value is -2.35. The van der Waals surface area contributed by atoms with Crippen molar-refractivity contribution in [3.8, 4) is 0 Å². The predicted molar refractivity (Wildman–Crippen MR) is 82.1 cm³/mol. The number of aryl methyl sites for hydroxylation is 2. The van der Waals surface area contributed by atoms with E-state index >= 15 is 0 Å². The molecule has 3 aromatic rings. The summed E-state index contributed by atoms with van der Waals surface area (Å²) in [5.41, 5.74) is 4.24. The highest BCUT2D eigenvalue weighted by atomic mass is 16.1. The molecule has 0 saturated heterocycles. The van der Waals surface area contributed by atoms with Gasteiger partial charge in [-0.1, -0.05) is 42.5 Å².